The van der Waals surface area contributed by atoms with Gasteiger partial charge in [0.25, 0.3) is 0 Å². The quantitative estimate of drug-likeness (QED) is 0.0480. The molecule has 15 nitrogen and oxygen atoms in total. The van der Waals surface area contributed by atoms with Gasteiger partial charge in [0, 0.05) is 6.54 Å². The van der Waals surface area contributed by atoms with Crippen molar-refractivity contribution in [1.82, 2.24) is 16.0 Å². The zero-order chi connectivity index (χ0) is 28.5. The van der Waals surface area contributed by atoms with Gasteiger partial charge in [-0.05, 0) is 44.6 Å². The second-order valence-corrected chi connectivity index (χ2v) is 9.09. The minimum absolute atomic E-state index is 0.00864. The van der Waals surface area contributed by atoms with Crippen LogP contribution in [0.5, 0.6) is 0 Å². The van der Waals surface area contributed by atoms with E-state index in [4.69, 9.17) is 22.9 Å². The van der Waals surface area contributed by atoms with Gasteiger partial charge in [-0.3, -0.25) is 24.2 Å². The van der Waals surface area contributed by atoms with Crippen LogP contribution in [-0.2, 0) is 24.0 Å². The number of nitrogens with zero attached hydrogens (tertiary/aromatic N) is 1. The van der Waals surface area contributed by atoms with E-state index in [2.05, 4.69) is 20.9 Å². The lowest BCUT2D eigenvalue weighted by molar-refractivity contribution is -0.143. The Morgan fingerprint density at radius 1 is 0.811 bits per heavy atom. The number of nitrogens with two attached hydrogens (primary N) is 4. The zero-order valence-corrected chi connectivity index (χ0v) is 21.4. The van der Waals surface area contributed by atoms with Crippen molar-refractivity contribution in [2.75, 3.05) is 13.1 Å². The molecule has 13 N–H and O–H groups in total. The van der Waals surface area contributed by atoms with Crippen molar-refractivity contribution in [3.8, 4) is 0 Å². The van der Waals surface area contributed by atoms with E-state index >= 15 is 0 Å². The Hall–Kier alpha value is -3.46. The highest BCUT2D eigenvalue weighted by Gasteiger charge is 2.31. The fourth-order valence-electron chi connectivity index (χ4n) is 3.31. The van der Waals surface area contributed by atoms with Crippen LogP contribution in [0.2, 0.25) is 0 Å². The molecule has 0 aromatic rings. The molecule has 0 spiro atoms. The molecule has 3 amide bonds. The summed E-state index contributed by atoms with van der Waals surface area (Å²) in [5, 5.41) is 25.8. The maximum atomic E-state index is 12.9. The van der Waals surface area contributed by atoms with Gasteiger partial charge >= 0.3 is 11.9 Å². The highest BCUT2D eigenvalue weighted by atomic mass is 16.4. The average molecular weight is 531 g/mol. The van der Waals surface area contributed by atoms with Gasteiger partial charge < -0.3 is 49.1 Å². The Morgan fingerprint density at radius 3 is 1.89 bits per heavy atom. The Kier molecular flexibility index (Phi) is 16.2. The minimum atomic E-state index is -1.52. The highest BCUT2D eigenvalue weighted by Crippen LogP contribution is 2.08. The molecular weight excluding hydrogens is 488 g/mol. The summed E-state index contributed by atoms with van der Waals surface area (Å²) in [6.07, 6.45) is 1.13. The molecule has 0 radical (unpaired) electrons. The van der Waals surface area contributed by atoms with Crippen molar-refractivity contribution in [3.05, 3.63) is 0 Å². The van der Waals surface area contributed by atoms with Crippen LogP contribution in [0.15, 0.2) is 4.99 Å². The van der Waals surface area contributed by atoms with E-state index in [1.54, 1.807) is 13.8 Å². The molecule has 0 aliphatic heterocycles. The lowest BCUT2D eigenvalue weighted by Crippen LogP contribution is -2.57. The molecular formula is C22H42N8O7. The number of aliphatic carboxylic acids is 2. The number of guanidine groups is 1. The third-order valence-electron chi connectivity index (χ3n) is 5.22. The molecule has 0 aromatic heterocycles. The topological polar surface area (TPSA) is 278 Å². The van der Waals surface area contributed by atoms with Gasteiger partial charge in [-0.1, -0.05) is 20.3 Å². The minimum Gasteiger partial charge on any atom is -0.481 e. The molecule has 0 aliphatic rings. The summed E-state index contributed by atoms with van der Waals surface area (Å²) in [4.78, 5) is 65.0. The summed E-state index contributed by atoms with van der Waals surface area (Å²) in [6, 6.07) is -4.96. The number of rotatable bonds is 19. The molecule has 4 atom stereocenters. The number of amides is 3. The molecule has 0 rings (SSSR count). The fourth-order valence-corrected chi connectivity index (χ4v) is 3.31. The number of carboxylic acids is 2. The van der Waals surface area contributed by atoms with Gasteiger partial charge in [0.2, 0.25) is 17.7 Å². The van der Waals surface area contributed by atoms with Gasteiger partial charge in [-0.2, -0.15) is 0 Å². The smallest absolute Gasteiger partial charge is 0.326 e. The molecule has 0 saturated heterocycles. The van der Waals surface area contributed by atoms with Crippen molar-refractivity contribution >= 4 is 35.6 Å². The number of carboxylic acid groups (broad SMARTS) is 2. The molecule has 0 saturated carbocycles. The van der Waals surface area contributed by atoms with Crippen LogP contribution in [0.1, 0.15) is 58.8 Å². The van der Waals surface area contributed by atoms with Crippen LogP contribution < -0.4 is 38.9 Å². The molecule has 37 heavy (non-hydrogen) atoms. The summed E-state index contributed by atoms with van der Waals surface area (Å²) in [5.41, 5.74) is 21.8. The van der Waals surface area contributed by atoms with Crippen LogP contribution >= 0.6 is 0 Å². The first-order valence-corrected chi connectivity index (χ1v) is 12.1. The largest absolute Gasteiger partial charge is 0.481 e. The maximum Gasteiger partial charge on any atom is 0.326 e. The maximum absolute atomic E-state index is 12.9. The number of nitrogens with one attached hydrogen (secondary N) is 3. The van der Waals surface area contributed by atoms with Gasteiger partial charge in [-0.25, -0.2) is 4.79 Å². The lowest BCUT2D eigenvalue weighted by atomic mass is 10.0. The van der Waals surface area contributed by atoms with Crippen LogP contribution in [0.25, 0.3) is 0 Å². The Morgan fingerprint density at radius 2 is 1.38 bits per heavy atom. The second-order valence-electron chi connectivity index (χ2n) is 9.09. The molecule has 212 valence electrons. The van der Waals surface area contributed by atoms with Crippen molar-refractivity contribution in [2.24, 2.45) is 33.8 Å². The fraction of sp³-hybridized carbons (Fsp3) is 0.727. The summed E-state index contributed by atoms with van der Waals surface area (Å²) in [6.45, 7) is 4.13. The first-order valence-electron chi connectivity index (χ1n) is 12.1. The van der Waals surface area contributed by atoms with E-state index in [9.17, 15) is 34.2 Å². The highest BCUT2D eigenvalue weighted by molar-refractivity contribution is 5.95. The lowest BCUT2D eigenvalue weighted by Gasteiger charge is -2.25. The Bertz CT molecular complexity index is 802. The van der Waals surface area contributed by atoms with Crippen LogP contribution in [0.3, 0.4) is 0 Å². The monoisotopic (exact) mass is 530 g/mol. The summed E-state index contributed by atoms with van der Waals surface area (Å²) in [7, 11) is 0. The van der Waals surface area contributed by atoms with Crippen LogP contribution in [-0.4, -0.2) is 83.1 Å². The number of hydrogen-bond donors (Lipinski definition) is 9. The molecule has 0 aromatic carbocycles. The number of carbonyl (C=O) groups is 5. The zero-order valence-electron chi connectivity index (χ0n) is 21.4. The van der Waals surface area contributed by atoms with Gasteiger partial charge in [0.05, 0.1) is 12.5 Å². The SMILES string of the molecule is CC(C)CC(NC(=O)C(CCCN=C(N)N)NC(=O)C(CC(=O)O)NC(=O)C(N)CCCCN)C(=O)O. The molecule has 0 heterocycles. The number of aliphatic imine (C=N–C) groups is 1. The van der Waals surface area contributed by atoms with Crippen molar-refractivity contribution in [2.45, 2.75) is 83.0 Å². The van der Waals surface area contributed by atoms with Crippen molar-refractivity contribution in [1.29, 1.82) is 0 Å². The molecule has 0 bridgehead atoms. The van der Waals surface area contributed by atoms with E-state index in [1.807, 2.05) is 0 Å². The first kappa shape index (κ1) is 33.5. The molecule has 0 fully saturated rings. The first-order chi connectivity index (χ1) is 17.3. The Balaban J connectivity index is 5.60. The van der Waals surface area contributed by atoms with E-state index in [0.29, 0.717) is 19.4 Å². The molecule has 0 aliphatic carbocycles. The van der Waals surface area contributed by atoms with E-state index in [-0.39, 0.29) is 44.1 Å². The molecule has 4 unspecified atom stereocenters. The Labute approximate surface area is 216 Å². The third-order valence-corrected chi connectivity index (χ3v) is 5.22. The van der Waals surface area contributed by atoms with E-state index < -0.39 is 60.2 Å². The predicted octanol–water partition coefficient (Wildman–Crippen LogP) is -2.44. The van der Waals surface area contributed by atoms with Gasteiger partial charge in [0.1, 0.15) is 18.1 Å². The summed E-state index contributed by atoms with van der Waals surface area (Å²) < 4.78 is 0. The van der Waals surface area contributed by atoms with Crippen molar-refractivity contribution in [3.63, 3.8) is 0 Å². The third kappa shape index (κ3) is 15.3. The van der Waals surface area contributed by atoms with Crippen LogP contribution in [0.4, 0.5) is 0 Å². The van der Waals surface area contributed by atoms with Gasteiger partial charge in [-0.15, -0.1) is 0 Å². The predicted molar refractivity (Wildman–Crippen MR) is 136 cm³/mol. The normalized spacial score (nSPS) is 14.1. The number of carbonyl (C=O) groups excluding carboxylic acids is 3. The standard InChI is InChI=1S/C22H42N8O7/c1-12(2)10-16(21(36)37)30-19(34)14(7-5-9-27-22(25)26)28-20(35)15(11-17(31)32)29-18(33)13(24)6-3-4-8-23/h12-16H,3-11,23-24H2,1-2H3,(H,28,35)(H,29,33)(H,30,34)(H,31,32)(H,36,37)(H4,25,26,27). The van der Waals surface area contributed by atoms with E-state index in [0.717, 1.165) is 0 Å². The average Bonchev–Trinajstić information content (AvgIpc) is 2.79. The number of hydrogen-bond acceptors (Lipinski definition) is 8. The summed E-state index contributed by atoms with van der Waals surface area (Å²) >= 11 is 0. The summed E-state index contributed by atoms with van der Waals surface area (Å²) in [5.74, 6) is -5.27. The number of unbranched alkanes of at least 4 members (excludes halogenated alkanes) is 1. The van der Waals surface area contributed by atoms with Crippen molar-refractivity contribution < 1.29 is 34.2 Å². The second kappa shape index (κ2) is 17.9. The van der Waals surface area contributed by atoms with E-state index in [1.165, 1.54) is 0 Å². The molecule has 15 heteroatoms. The van der Waals surface area contributed by atoms with Crippen LogP contribution in [0, 0.1) is 5.92 Å². The van der Waals surface area contributed by atoms with Gasteiger partial charge in [0.15, 0.2) is 5.96 Å².